The molecule has 1 aliphatic heterocycles. The molecular formula is C23H19BrN2O5S. The molecule has 0 radical (unpaired) electrons. The number of nitrogens with one attached hydrogen (secondary N) is 1. The Labute approximate surface area is 194 Å². The van der Waals surface area contributed by atoms with Crippen LogP contribution in [0, 0.1) is 0 Å². The first-order chi connectivity index (χ1) is 15.3. The molecule has 2 amide bonds. The second kappa shape index (κ2) is 8.85. The number of sulfonamides is 1. The van der Waals surface area contributed by atoms with E-state index in [9.17, 15) is 18.0 Å². The van der Waals surface area contributed by atoms with E-state index < -0.39 is 21.8 Å². The molecule has 0 saturated carbocycles. The lowest BCUT2D eigenvalue weighted by atomic mass is 10.1. The van der Waals surface area contributed by atoms with Crippen molar-refractivity contribution in [1.82, 2.24) is 9.62 Å². The molecule has 1 aliphatic rings. The van der Waals surface area contributed by atoms with Crippen LogP contribution in [-0.2, 0) is 23.1 Å². The van der Waals surface area contributed by atoms with E-state index in [4.69, 9.17) is 4.74 Å². The summed E-state index contributed by atoms with van der Waals surface area (Å²) in [6, 6.07) is 18.4. The minimum Gasteiger partial charge on any atom is -0.495 e. The van der Waals surface area contributed by atoms with Crippen LogP contribution in [0.3, 0.4) is 0 Å². The van der Waals surface area contributed by atoms with Gasteiger partial charge in [0.05, 0.1) is 24.8 Å². The number of carbonyl (C=O) groups is 2. The largest absolute Gasteiger partial charge is 0.495 e. The maximum Gasteiger partial charge on any atom is 0.261 e. The van der Waals surface area contributed by atoms with Gasteiger partial charge < -0.3 is 4.74 Å². The molecule has 3 aromatic carbocycles. The van der Waals surface area contributed by atoms with Crippen LogP contribution in [0.25, 0.3) is 0 Å². The first-order valence-electron chi connectivity index (χ1n) is 9.66. The molecule has 4 rings (SSSR count). The van der Waals surface area contributed by atoms with Crippen molar-refractivity contribution < 1.29 is 22.7 Å². The minimum atomic E-state index is -3.92. The standard InChI is InChI=1S/C23H19BrN2O5S/c1-31-20-11-8-16(14-26-22(27)18-4-2-3-5-19(18)23(26)28)12-21(20)32(29,30)25-13-15-6-9-17(24)10-7-15/h2-12,25H,13-14H2,1H3. The fourth-order valence-electron chi connectivity index (χ4n) is 3.45. The summed E-state index contributed by atoms with van der Waals surface area (Å²) in [6.45, 7) is 0.0486. The number of halogens is 1. The van der Waals surface area contributed by atoms with Crippen molar-refractivity contribution in [1.29, 1.82) is 0 Å². The number of benzene rings is 3. The summed E-state index contributed by atoms with van der Waals surface area (Å²) in [6.07, 6.45) is 0. The number of hydrogen-bond donors (Lipinski definition) is 1. The Morgan fingerprint density at radius 1 is 0.906 bits per heavy atom. The highest BCUT2D eigenvalue weighted by Gasteiger charge is 2.35. The number of nitrogens with zero attached hydrogens (tertiary/aromatic N) is 1. The number of rotatable bonds is 7. The van der Waals surface area contributed by atoms with E-state index in [1.165, 1.54) is 19.2 Å². The number of carbonyl (C=O) groups excluding carboxylic acids is 2. The molecule has 0 aliphatic carbocycles. The third kappa shape index (κ3) is 4.32. The first kappa shape index (κ1) is 22.2. The van der Waals surface area contributed by atoms with Crippen LogP contribution in [0.5, 0.6) is 5.75 Å². The van der Waals surface area contributed by atoms with E-state index >= 15 is 0 Å². The summed E-state index contributed by atoms with van der Waals surface area (Å²) in [5.41, 5.74) is 1.97. The topological polar surface area (TPSA) is 92.8 Å². The number of hydrogen-bond acceptors (Lipinski definition) is 5. The highest BCUT2D eigenvalue weighted by atomic mass is 79.9. The summed E-state index contributed by atoms with van der Waals surface area (Å²) < 4.78 is 34.7. The van der Waals surface area contributed by atoms with Crippen LogP contribution < -0.4 is 9.46 Å². The molecule has 0 spiro atoms. The van der Waals surface area contributed by atoms with E-state index in [2.05, 4.69) is 20.7 Å². The van der Waals surface area contributed by atoms with Crippen molar-refractivity contribution in [2.45, 2.75) is 18.0 Å². The summed E-state index contributed by atoms with van der Waals surface area (Å²) >= 11 is 3.35. The minimum absolute atomic E-state index is 0.0500. The normalized spacial score (nSPS) is 13.4. The second-order valence-electron chi connectivity index (χ2n) is 7.18. The summed E-state index contributed by atoms with van der Waals surface area (Å²) in [7, 11) is -2.54. The zero-order chi connectivity index (χ0) is 22.9. The number of ether oxygens (including phenoxy) is 1. The van der Waals surface area contributed by atoms with E-state index in [-0.39, 0.29) is 23.7 Å². The highest BCUT2D eigenvalue weighted by Crippen LogP contribution is 2.28. The Balaban J connectivity index is 1.58. The summed E-state index contributed by atoms with van der Waals surface area (Å²) in [5.74, 6) is -0.641. The predicted molar refractivity (Wildman–Crippen MR) is 122 cm³/mol. The van der Waals surface area contributed by atoms with Crippen molar-refractivity contribution in [2.75, 3.05) is 7.11 Å². The van der Waals surface area contributed by atoms with E-state index in [0.29, 0.717) is 16.7 Å². The van der Waals surface area contributed by atoms with Crippen molar-refractivity contribution in [3.63, 3.8) is 0 Å². The molecular weight excluding hydrogens is 496 g/mol. The van der Waals surface area contributed by atoms with Gasteiger partial charge in [-0.25, -0.2) is 13.1 Å². The molecule has 32 heavy (non-hydrogen) atoms. The maximum atomic E-state index is 13.0. The number of imide groups is 1. The van der Waals surface area contributed by atoms with Crippen molar-refractivity contribution in [3.05, 3.63) is 93.5 Å². The number of amides is 2. The van der Waals surface area contributed by atoms with Gasteiger partial charge in [0.1, 0.15) is 10.6 Å². The first-order valence-corrected chi connectivity index (χ1v) is 11.9. The van der Waals surface area contributed by atoms with Gasteiger partial charge in [0.2, 0.25) is 10.0 Å². The molecule has 0 fully saturated rings. The zero-order valence-electron chi connectivity index (χ0n) is 17.0. The third-order valence-electron chi connectivity index (χ3n) is 5.12. The van der Waals surface area contributed by atoms with Crippen LogP contribution in [0.2, 0.25) is 0 Å². The molecule has 0 aromatic heterocycles. The molecule has 0 atom stereocenters. The fraction of sp³-hybridized carbons (Fsp3) is 0.130. The molecule has 0 unspecified atom stereocenters. The van der Waals surface area contributed by atoms with E-state index in [1.807, 2.05) is 24.3 Å². The van der Waals surface area contributed by atoms with Gasteiger partial charge in [-0.15, -0.1) is 0 Å². The van der Waals surface area contributed by atoms with Gasteiger partial charge in [0.15, 0.2) is 0 Å². The van der Waals surface area contributed by atoms with Gasteiger partial charge in [-0.2, -0.15) is 0 Å². The molecule has 9 heteroatoms. The summed E-state index contributed by atoms with van der Waals surface area (Å²) in [5, 5.41) is 0. The Hall–Kier alpha value is -3.01. The van der Waals surface area contributed by atoms with Gasteiger partial charge in [-0.1, -0.05) is 46.3 Å². The van der Waals surface area contributed by atoms with Gasteiger partial charge >= 0.3 is 0 Å². The van der Waals surface area contributed by atoms with Crippen LogP contribution in [-0.4, -0.2) is 32.2 Å². The van der Waals surface area contributed by atoms with Crippen LogP contribution in [0.4, 0.5) is 0 Å². The van der Waals surface area contributed by atoms with Crippen molar-refractivity contribution in [2.24, 2.45) is 0 Å². The fourth-order valence-corrected chi connectivity index (χ4v) is 4.95. The lowest BCUT2D eigenvalue weighted by Crippen LogP contribution is -2.29. The molecule has 1 heterocycles. The lowest BCUT2D eigenvalue weighted by molar-refractivity contribution is 0.0642. The molecule has 0 saturated heterocycles. The monoisotopic (exact) mass is 514 g/mol. The van der Waals surface area contributed by atoms with Crippen molar-refractivity contribution in [3.8, 4) is 5.75 Å². The smallest absolute Gasteiger partial charge is 0.261 e. The molecule has 1 N–H and O–H groups in total. The zero-order valence-corrected chi connectivity index (χ0v) is 19.4. The van der Waals surface area contributed by atoms with Crippen molar-refractivity contribution >= 4 is 37.8 Å². The molecule has 7 nitrogen and oxygen atoms in total. The average Bonchev–Trinajstić information content (AvgIpc) is 3.04. The van der Waals surface area contributed by atoms with Gasteiger partial charge in [0, 0.05) is 11.0 Å². The average molecular weight is 515 g/mol. The molecule has 164 valence electrons. The summed E-state index contributed by atoms with van der Waals surface area (Å²) in [4.78, 5) is 26.3. The Morgan fingerprint density at radius 2 is 1.50 bits per heavy atom. The Bertz CT molecular complexity index is 1270. The Kier molecular flexibility index (Phi) is 6.14. The van der Waals surface area contributed by atoms with Gasteiger partial charge in [-0.3, -0.25) is 14.5 Å². The SMILES string of the molecule is COc1ccc(CN2C(=O)c3ccccc3C2=O)cc1S(=O)(=O)NCc1ccc(Br)cc1. The van der Waals surface area contributed by atoms with Crippen LogP contribution >= 0.6 is 15.9 Å². The molecule has 3 aromatic rings. The number of methoxy groups -OCH3 is 1. The van der Waals surface area contributed by atoms with E-state index in [0.717, 1.165) is 14.9 Å². The van der Waals surface area contributed by atoms with Crippen LogP contribution in [0.15, 0.2) is 76.1 Å². The number of fused-ring (bicyclic) bond motifs is 1. The molecule has 0 bridgehead atoms. The predicted octanol–water partition coefficient (Wildman–Crippen LogP) is 3.73. The second-order valence-corrected chi connectivity index (χ2v) is 9.83. The Morgan fingerprint density at radius 3 is 2.09 bits per heavy atom. The third-order valence-corrected chi connectivity index (χ3v) is 7.07. The lowest BCUT2D eigenvalue weighted by Gasteiger charge is -2.16. The quantitative estimate of drug-likeness (QED) is 0.485. The van der Waals surface area contributed by atoms with E-state index in [1.54, 1.807) is 30.3 Å². The van der Waals surface area contributed by atoms with Crippen LogP contribution in [0.1, 0.15) is 31.8 Å². The van der Waals surface area contributed by atoms with Gasteiger partial charge in [0.25, 0.3) is 11.8 Å². The maximum absolute atomic E-state index is 13.0. The van der Waals surface area contributed by atoms with Gasteiger partial charge in [-0.05, 0) is 47.5 Å². The highest BCUT2D eigenvalue weighted by molar-refractivity contribution is 9.10.